The first-order valence-corrected chi connectivity index (χ1v) is 13.7. The van der Waals surface area contributed by atoms with Crippen LogP contribution in [-0.2, 0) is 4.79 Å². The van der Waals surface area contributed by atoms with Gasteiger partial charge in [0, 0.05) is 6.42 Å². The molecule has 1 N–H and O–H groups in total. The molecule has 0 spiro atoms. The maximum absolute atomic E-state index is 11.0. The van der Waals surface area contributed by atoms with Crippen LogP contribution in [-0.4, -0.2) is 16.4 Å². The van der Waals surface area contributed by atoms with Gasteiger partial charge in [0.15, 0.2) is 0 Å². The minimum absolute atomic E-state index is 0.153. The van der Waals surface area contributed by atoms with E-state index in [0.717, 1.165) is 0 Å². The number of fused-ring (bicyclic) bond motifs is 2. The zero-order chi connectivity index (χ0) is 15.7. The number of carbonyl (C=O) groups is 1. The summed E-state index contributed by atoms with van der Waals surface area (Å²) in [6, 6.07) is 19.3. The maximum atomic E-state index is 11.0. The third kappa shape index (κ3) is 2.98. The van der Waals surface area contributed by atoms with E-state index in [2.05, 4.69) is 60.9 Å². The normalized spacial score (nSPS) is 11.9. The van der Waals surface area contributed by atoms with Crippen LogP contribution in [0, 0.1) is 0 Å². The largest absolute Gasteiger partial charge is 0.481 e. The second-order valence-electron chi connectivity index (χ2n) is 5.29. The Hall–Kier alpha value is -1.17. The molecule has 0 saturated carbocycles. The van der Waals surface area contributed by atoms with Crippen molar-refractivity contribution in [3.63, 3.8) is 0 Å². The average molecular weight is 438 g/mol. The van der Waals surface area contributed by atoms with E-state index in [-0.39, 0.29) is 6.42 Å². The van der Waals surface area contributed by atoms with Gasteiger partial charge in [-0.25, -0.2) is 0 Å². The van der Waals surface area contributed by atoms with Gasteiger partial charge in [0.25, 0.3) is 0 Å². The summed E-state index contributed by atoms with van der Waals surface area (Å²) < 4.78 is 0. The molecule has 0 aliphatic carbocycles. The van der Waals surface area contributed by atoms with Crippen LogP contribution in [0.2, 0.25) is 6.04 Å². The van der Waals surface area contributed by atoms with Crippen molar-refractivity contribution in [1.29, 1.82) is 0 Å². The molecule has 0 fully saturated rings. The molecule has 0 unspecified atom stereocenters. The highest BCUT2D eigenvalue weighted by Gasteiger charge is 2.33. The fourth-order valence-corrected chi connectivity index (χ4v) is 8.57. The van der Waals surface area contributed by atoms with Gasteiger partial charge in [-0.2, -0.15) is 0 Å². The van der Waals surface area contributed by atoms with E-state index in [4.69, 9.17) is 5.11 Å². The summed E-state index contributed by atoms with van der Waals surface area (Å²) in [4.78, 5) is 11.0. The third-order valence-corrected chi connectivity index (χ3v) is 10.7. The quantitative estimate of drug-likeness (QED) is 0.357. The highest BCUT2D eigenvalue weighted by atomic mass is 79.9. The first-order chi connectivity index (χ1) is 10.5. The molecule has 2 nitrogen and oxygen atoms in total. The van der Waals surface area contributed by atoms with Crippen molar-refractivity contribution in [3.05, 3.63) is 54.6 Å². The average Bonchev–Trinajstić information content (AvgIpc) is 2.50. The molecular weight excluding hydrogens is 424 g/mol. The van der Waals surface area contributed by atoms with Gasteiger partial charge in [0.2, 0.25) is 5.31 Å². The van der Waals surface area contributed by atoms with Gasteiger partial charge in [0.05, 0.1) is 0 Å². The van der Waals surface area contributed by atoms with Gasteiger partial charge in [-0.3, -0.25) is 4.79 Å². The molecule has 0 bridgehead atoms. The summed E-state index contributed by atoms with van der Waals surface area (Å²) in [5.74, 6) is -0.764. The Morgan fingerprint density at radius 2 is 1.45 bits per heavy atom. The topological polar surface area (TPSA) is 37.3 Å². The summed E-state index contributed by atoms with van der Waals surface area (Å²) in [6.07, 6.45) is 0.153. The number of aliphatic carboxylic acids is 1. The van der Waals surface area contributed by atoms with Gasteiger partial charge >= 0.3 is 5.97 Å². The lowest BCUT2D eigenvalue weighted by molar-refractivity contribution is -0.136. The molecule has 0 heterocycles. The summed E-state index contributed by atoms with van der Waals surface area (Å²) in [7, 11) is 0. The molecule has 22 heavy (non-hydrogen) atoms. The number of hydrogen-bond donors (Lipinski definition) is 1. The molecular formula is C17H14Br2O2Si. The van der Waals surface area contributed by atoms with Crippen molar-refractivity contribution in [1.82, 2.24) is 0 Å². The molecule has 0 radical (unpaired) electrons. The standard InChI is InChI=1S/C17H14Br2O2Si/c18-22(19,10-9-16(20)21)17-14-7-3-1-5-12(14)11-13-6-2-4-8-15(13)17/h1-8,11H,9-10H2,(H,20,21). The molecule has 0 saturated heterocycles. The highest BCUT2D eigenvalue weighted by molar-refractivity contribution is 9.51. The summed E-state index contributed by atoms with van der Waals surface area (Å²) in [5, 5.41) is 12.8. The lowest BCUT2D eigenvalue weighted by Gasteiger charge is -2.22. The second kappa shape index (κ2) is 6.14. The number of carboxylic acids is 1. The van der Waals surface area contributed by atoms with E-state index in [1.165, 1.54) is 26.7 Å². The van der Waals surface area contributed by atoms with Crippen molar-refractivity contribution in [3.8, 4) is 0 Å². The maximum Gasteiger partial charge on any atom is 0.303 e. The van der Waals surface area contributed by atoms with Crippen molar-refractivity contribution in [2.24, 2.45) is 0 Å². The number of carboxylic acid groups (broad SMARTS) is 1. The fourth-order valence-electron chi connectivity index (χ4n) is 2.80. The number of rotatable bonds is 4. The number of benzene rings is 3. The Balaban J connectivity index is 2.30. The van der Waals surface area contributed by atoms with Gasteiger partial charge in [-0.1, -0.05) is 48.5 Å². The van der Waals surface area contributed by atoms with E-state index in [1.54, 1.807) is 0 Å². The summed E-state index contributed by atoms with van der Waals surface area (Å²) in [5.41, 5.74) is 0. The Morgan fingerprint density at radius 3 is 1.95 bits per heavy atom. The molecule has 5 heteroatoms. The Labute approximate surface area is 145 Å². The van der Waals surface area contributed by atoms with Crippen molar-refractivity contribution in [2.75, 3.05) is 0 Å². The van der Waals surface area contributed by atoms with Crippen LogP contribution in [0.15, 0.2) is 54.6 Å². The molecule has 3 aromatic rings. The van der Waals surface area contributed by atoms with Crippen molar-refractivity contribution >= 4 is 68.6 Å². The zero-order valence-electron chi connectivity index (χ0n) is 11.7. The molecule has 0 atom stereocenters. The predicted octanol–water partition coefficient (Wildman–Crippen LogP) is 4.91. The first-order valence-electron chi connectivity index (χ1n) is 6.99. The molecule has 0 aromatic heterocycles. The SMILES string of the molecule is O=C(O)CC[Si](Br)(Br)c1c2ccccc2cc2ccccc12. The van der Waals surface area contributed by atoms with Crippen LogP contribution in [0.3, 0.4) is 0 Å². The van der Waals surface area contributed by atoms with Gasteiger partial charge in [-0.05, 0) is 38.8 Å². The van der Waals surface area contributed by atoms with Crippen molar-refractivity contribution in [2.45, 2.75) is 12.5 Å². The summed E-state index contributed by atoms with van der Waals surface area (Å²) in [6.45, 7) is 0. The van der Waals surface area contributed by atoms with E-state index in [9.17, 15) is 4.79 Å². The van der Waals surface area contributed by atoms with Crippen LogP contribution in [0.4, 0.5) is 0 Å². The minimum Gasteiger partial charge on any atom is -0.481 e. The highest BCUT2D eigenvalue weighted by Crippen LogP contribution is 2.33. The molecule has 3 aromatic carbocycles. The number of hydrogen-bond acceptors (Lipinski definition) is 1. The van der Waals surface area contributed by atoms with E-state index in [0.29, 0.717) is 6.04 Å². The van der Waals surface area contributed by atoms with Crippen LogP contribution in [0.1, 0.15) is 6.42 Å². The lowest BCUT2D eigenvalue weighted by atomic mass is 10.0. The zero-order valence-corrected chi connectivity index (χ0v) is 15.9. The lowest BCUT2D eigenvalue weighted by Crippen LogP contribution is -2.37. The number of halogens is 2. The Morgan fingerprint density at radius 1 is 0.955 bits per heavy atom. The van der Waals surface area contributed by atoms with E-state index < -0.39 is 11.3 Å². The molecule has 0 amide bonds. The van der Waals surface area contributed by atoms with Crippen LogP contribution >= 0.6 is 30.6 Å². The van der Waals surface area contributed by atoms with Gasteiger partial charge in [-0.15, -0.1) is 30.6 Å². The second-order valence-corrected chi connectivity index (χ2v) is 19.0. The smallest absolute Gasteiger partial charge is 0.303 e. The molecule has 0 aliphatic rings. The molecule has 3 rings (SSSR count). The van der Waals surface area contributed by atoms with Crippen LogP contribution in [0.5, 0.6) is 0 Å². The first kappa shape index (κ1) is 15.7. The third-order valence-electron chi connectivity index (χ3n) is 3.79. The fraction of sp³-hybridized carbons (Fsp3) is 0.118. The van der Waals surface area contributed by atoms with E-state index >= 15 is 0 Å². The Bertz CT molecular complexity index is 808. The van der Waals surface area contributed by atoms with Gasteiger partial charge < -0.3 is 5.11 Å². The minimum atomic E-state index is -2.23. The van der Waals surface area contributed by atoms with Crippen LogP contribution in [0.25, 0.3) is 21.5 Å². The molecule has 112 valence electrons. The molecule has 0 aliphatic heterocycles. The van der Waals surface area contributed by atoms with Crippen LogP contribution < -0.4 is 5.19 Å². The van der Waals surface area contributed by atoms with Gasteiger partial charge in [0.1, 0.15) is 0 Å². The predicted molar refractivity (Wildman–Crippen MR) is 102 cm³/mol. The van der Waals surface area contributed by atoms with Crippen molar-refractivity contribution < 1.29 is 9.90 Å². The Kier molecular flexibility index (Phi) is 4.39. The monoisotopic (exact) mass is 436 g/mol. The van der Waals surface area contributed by atoms with E-state index in [1.807, 2.05) is 24.3 Å². The summed E-state index contributed by atoms with van der Waals surface area (Å²) >= 11 is 7.71.